The van der Waals surface area contributed by atoms with Crippen molar-refractivity contribution >= 4 is 11.3 Å². The first-order valence-electron chi connectivity index (χ1n) is 4.64. The van der Waals surface area contributed by atoms with Crippen LogP contribution in [0.4, 0.5) is 0 Å². The van der Waals surface area contributed by atoms with Gasteiger partial charge in [-0.15, -0.1) is 0 Å². The number of hydrogen-bond donors (Lipinski definition) is 0. The highest BCUT2D eigenvalue weighted by atomic mass is 32.1. The van der Waals surface area contributed by atoms with Crippen LogP contribution in [-0.4, -0.2) is 29.1 Å². The minimum absolute atomic E-state index is 0.146. The molecule has 1 aromatic heterocycles. The molecule has 0 saturated carbocycles. The van der Waals surface area contributed by atoms with Gasteiger partial charge in [0.2, 0.25) is 0 Å². The third kappa shape index (κ3) is 2.97. The van der Waals surface area contributed by atoms with Crippen molar-refractivity contribution in [1.82, 2.24) is 9.47 Å². The van der Waals surface area contributed by atoms with Crippen molar-refractivity contribution in [2.45, 2.75) is 20.4 Å². The maximum absolute atomic E-state index is 11.2. The molecule has 0 aliphatic carbocycles. The second-order valence-electron chi connectivity index (χ2n) is 2.89. The molecule has 3 nitrogen and oxygen atoms in total. The van der Waals surface area contributed by atoms with E-state index in [1.54, 1.807) is 4.57 Å². The Bertz CT molecular complexity index is 288. The Kier molecular flexibility index (Phi) is 4.18. The van der Waals surface area contributed by atoms with Gasteiger partial charge in [-0.05, 0) is 13.1 Å². The maximum atomic E-state index is 11.2. The highest BCUT2D eigenvalue weighted by molar-refractivity contribution is 7.07. The first-order valence-corrected chi connectivity index (χ1v) is 5.52. The minimum Gasteiger partial charge on any atom is -0.305 e. The van der Waals surface area contributed by atoms with Crippen LogP contribution in [0, 0.1) is 0 Å². The summed E-state index contributed by atoms with van der Waals surface area (Å²) in [7, 11) is 0. The number of rotatable bonds is 5. The third-order valence-corrected chi connectivity index (χ3v) is 2.89. The average Bonchev–Trinajstić information content (AvgIpc) is 2.54. The van der Waals surface area contributed by atoms with Gasteiger partial charge in [0.1, 0.15) is 0 Å². The largest absolute Gasteiger partial charge is 0.307 e. The van der Waals surface area contributed by atoms with E-state index in [2.05, 4.69) is 18.7 Å². The zero-order valence-electron chi connectivity index (χ0n) is 8.19. The van der Waals surface area contributed by atoms with Crippen molar-refractivity contribution in [2.24, 2.45) is 0 Å². The van der Waals surface area contributed by atoms with Gasteiger partial charge in [0.25, 0.3) is 0 Å². The van der Waals surface area contributed by atoms with Gasteiger partial charge >= 0.3 is 4.87 Å². The Balaban J connectivity index is 2.43. The van der Waals surface area contributed by atoms with Gasteiger partial charge in [0, 0.05) is 24.7 Å². The molecule has 4 heteroatoms. The van der Waals surface area contributed by atoms with Crippen molar-refractivity contribution in [3.63, 3.8) is 0 Å². The van der Waals surface area contributed by atoms with Crippen LogP contribution < -0.4 is 4.87 Å². The van der Waals surface area contributed by atoms with Crippen LogP contribution in [0.5, 0.6) is 0 Å². The van der Waals surface area contributed by atoms with Gasteiger partial charge in [-0.25, -0.2) is 0 Å². The van der Waals surface area contributed by atoms with Crippen molar-refractivity contribution in [2.75, 3.05) is 19.6 Å². The second-order valence-corrected chi connectivity index (χ2v) is 3.75. The number of hydrogen-bond acceptors (Lipinski definition) is 3. The second kappa shape index (κ2) is 5.19. The lowest BCUT2D eigenvalue weighted by Crippen LogP contribution is -2.29. The molecule has 0 saturated heterocycles. The predicted octanol–water partition coefficient (Wildman–Crippen LogP) is 1.25. The van der Waals surface area contributed by atoms with Gasteiger partial charge in [-0.3, -0.25) is 4.79 Å². The summed E-state index contributed by atoms with van der Waals surface area (Å²) in [6.07, 6.45) is 1.86. The molecule has 13 heavy (non-hydrogen) atoms. The van der Waals surface area contributed by atoms with E-state index in [0.29, 0.717) is 0 Å². The molecule has 0 aliphatic rings. The molecule has 1 aromatic rings. The summed E-state index contributed by atoms with van der Waals surface area (Å²) in [6.45, 7) is 8.15. The summed E-state index contributed by atoms with van der Waals surface area (Å²) in [5.41, 5.74) is 0. The average molecular weight is 200 g/mol. The first kappa shape index (κ1) is 10.5. The normalized spacial score (nSPS) is 11.0. The zero-order valence-corrected chi connectivity index (χ0v) is 9.01. The van der Waals surface area contributed by atoms with Gasteiger partial charge in [-0.1, -0.05) is 25.2 Å². The summed E-state index contributed by atoms with van der Waals surface area (Å²) in [5, 5.41) is 1.84. The Morgan fingerprint density at radius 1 is 1.46 bits per heavy atom. The van der Waals surface area contributed by atoms with Crippen molar-refractivity contribution < 1.29 is 0 Å². The molecular formula is C9H16N2OS. The highest BCUT2D eigenvalue weighted by Crippen LogP contribution is 1.92. The summed E-state index contributed by atoms with van der Waals surface area (Å²) in [4.78, 5) is 13.6. The molecule has 1 rings (SSSR count). The van der Waals surface area contributed by atoms with Crippen molar-refractivity contribution in [3.8, 4) is 0 Å². The van der Waals surface area contributed by atoms with E-state index < -0.39 is 0 Å². The number of aromatic nitrogens is 1. The quantitative estimate of drug-likeness (QED) is 0.715. The Morgan fingerprint density at radius 2 is 2.15 bits per heavy atom. The number of thiazole rings is 1. The monoisotopic (exact) mass is 200 g/mol. The summed E-state index contributed by atoms with van der Waals surface area (Å²) < 4.78 is 1.77. The minimum atomic E-state index is 0.146. The fraction of sp³-hybridized carbons (Fsp3) is 0.667. The topological polar surface area (TPSA) is 25.2 Å². The summed E-state index contributed by atoms with van der Waals surface area (Å²) in [5.74, 6) is 0. The third-order valence-electron chi connectivity index (χ3n) is 2.20. The Hall–Kier alpha value is -0.610. The number of likely N-dealkylation sites (N-methyl/N-ethyl adjacent to an activating group) is 1. The molecule has 0 fully saturated rings. The van der Waals surface area contributed by atoms with Crippen LogP contribution in [0.3, 0.4) is 0 Å². The lowest BCUT2D eigenvalue weighted by molar-refractivity contribution is 0.290. The van der Waals surface area contributed by atoms with Crippen LogP contribution in [0.25, 0.3) is 0 Å². The van der Waals surface area contributed by atoms with E-state index in [1.165, 1.54) is 11.3 Å². The standard InChI is InChI=1S/C9H16N2OS/c1-3-10(4-2)5-6-11-7-8-13-9(11)12/h7-8H,3-6H2,1-2H3. The maximum Gasteiger partial charge on any atom is 0.307 e. The van der Waals surface area contributed by atoms with Gasteiger partial charge in [0.05, 0.1) is 0 Å². The van der Waals surface area contributed by atoms with Crippen molar-refractivity contribution in [1.29, 1.82) is 0 Å². The molecule has 0 bridgehead atoms. The van der Waals surface area contributed by atoms with E-state index in [-0.39, 0.29) is 4.87 Å². The van der Waals surface area contributed by atoms with E-state index >= 15 is 0 Å². The highest BCUT2D eigenvalue weighted by Gasteiger charge is 2.00. The SMILES string of the molecule is CCN(CC)CCn1ccsc1=O. The first-order chi connectivity index (χ1) is 6.27. The Labute approximate surface area is 82.6 Å². The molecule has 0 unspecified atom stereocenters. The summed E-state index contributed by atoms with van der Waals surface area (Å²) in [6, 6.07) is 0. The lowest BCUT2D eigenvalue weighted by Gasteiger charge is -2.17. The fourth-order valence-corrected chi connectivity index (χ4v) is 1.86. The van der Waals surface area contributed by atoms with Gasteiger partial charge < -0.3 is 9.47 Å². The molecule has 74 valence electrons. The van der Waals surface area contributed by atoms with E-state index in [9.17, 15) is 4.79 Å². The molecule has 0 aliphatic heterocycles. The molecule has 0 atom stereocenters. The van der Waals surface area contributed by atoms with Gasteiger partial charge in [0.15, 0.2) is 0 Å². The molecule has 0 N–H and O–H groups in total. The molecule has 0 spiro atoms. The molecule has 1 heterocycles. The van der Waals surface area contributed by atoms with Crippen molar-refractivity contribution in [3.05, 3.63) is 21.2 Å². The lowest BCUT2D eigenvalue weighted by atomic mass is 10.4. The van der Waals surface area contributed by atoms with Crippen LogP contribution in [-0.2, 0) is 6.54 Å². The van der Waals surface area contributed by atoms with Crippen LogP contribution in [0.1, 0.15) is 13.8 Å². The summed E-state index contributed by atoms with van der Waals surface area (Å²) >= 11 is 1.26. The Morgan fingerprint density at radius 3 is 2.62 bits per heavy atom. The molecule has 0 radical (unpaired) electrons. The molecule has 0 amide bonds. The smallest absolute Gasteiger partial charge is 0.305 e. The molecular weight excluding hydrogens is 184 g/mol. The zero-order chi connectivity index (χ0) is 9.68. The fourth-order valence-electron chi connectivity index (χ4n) is 1.25. The van der Waals surface area contributed by atoms with E-state index in [4.69, 9.17) is 0 Å². The van der Waals surface area contributed by atoms with E-state index in [0.717, 1.165) is 26.2 Å². The predicted molar refractivity (Wildman–Crippen MR) is 56.4 cm³/mol. The van der Waals surface area contributed by atoms with Crippen LogP contribution in [0.2, 0.25) is 0 Å². The number of nitrogens with zero attached hydrogens (tertiary/aromatic N) is 2. The van der Waals surface area contributed by atoms with E-state index in [1.807, 2.05) is 11.6 Å². The van der Waals surface area contributed by atoms with Gasteiger partial charge in [-0.2, -0.15) is 0 Å². The molecule has 0 aromatic carbocycles. The van der Waals surface area contributed by atoms with Crippen LogP contribution >= 0.6 is 11.3 Å². The van der Waals surface area contributed by atoms with Crippen LogP contribution in [0.15, 0.2) is 16.4 Å².